The van der Waals surface area contributed by atoms with Gasteiger partial charge >= 0.3 is 0 Å². The highest BCUT2D eigenvalue weighted by Crippen LogP contribution is 2.28. The number of anilines is 1. The molecule has 0 aromatic carbocycles. The van der Waals surface area contributed by atoms with Gasteiger partial charge in [-0.1, -0.05) is 5.21 Å². The zero-order valence-corrected chi connectivity index (χ0v) is 12.3. The molecule has 4 heterocycles. The van der Waals surface area contributed by atoms with E-state index in [1.54, 1.807) is 11.7 Å². The number of hydrogen-bond donors (Lipinski definition) is 0. The smallest absolute Gasteiger partial charge is 0.229 e. The Morgan fingerprint density at radius 3 is 2.82 bits per heavy atom. The molecule has 2 aromatic heterocycles. The lowest BCUT2D eigenvalue weighted by molar-refractivity contribution is -0.140. The number of carbonyl (C=O) groups excluding carboxylic acids is 1. The highest BCUT2D eigenvalue weighted by molar-refractivity contribution is 5.86. The molecule has 2 aliphatic heterocycles. The Morgan fingerprint density at radius 1 is 1.27 bits per heavy atom. The minimum absolute atomic E-state index is 0.0276. The van der Waals surface area contributed by atoms with E-state index in [4.69, 9.17) is 4.74 Å². The first-order valence-corrected chi connectivity index (χ1v) is 7.36. The van der Waals surface area contributed by atoms with Gasteiger partial charge in [0, 0.05) is 33.2 Å². The van der Waals surface area contributed by atoms with Crippen LogP contribution in [0.5, 0.6) is 0 Å². The monoisotopic (exact) mass is 303 g/mol. The lowest BCUT2D eigenvalue weighted by Crippen LogP contribution is -2.56. The standard InChI is InChI=1S/C13H17N7O2/c1-18-11-10(16-17-18)12(15-8-14-11)20-6-9(7-20)13(21)19-2-4-22-5-3-19/h8-9H,2-7H2,1H3. The van der Waals surface area contributed by atoms with E-state index >= 15 is 0 Å². The second-order valence-corrected chi connectivity index (χ2v) is 5.62. The van der Waals surface area contributed by atoms with Crippen LogP contribution in [0.3, 0.4) is 0 Å². The summed E-state index contributed by atoms with van der Waals surface area (Å²) in [5, 5.41) is 8.09. The quantitative estimate of drug-likeness (QED) is 0.707. The van der Waals surface area contributed by atoms with Crippen LogP contribution in [-0.2, 0) is 16.6 Å². The van der Waals surface area contributed by atoms with E-state index in [0.29, 0.717) is 50.6 Å². The van der Waals surface area contributed by atoms with Crippen molar-refractivity contribution >= 4 is 22.9 Å². The van der Waals surface area contributed by atoms with E-state index < -0.39 is 0 Å². The average Bonchev–Trinajstić information content (AvgIpc) is 2.89. The summed E-state index contributed by atoms with van der Waals surface area (Å²) < 4.78 is 6.91. The molecule has 2 fully saturated rings. The summed E-state index contributed by atoms with van der Waals surface area (Å²) in [6, 6.07) is 0. The number of morpholine rings is 1. The lowest BCUT2D eigenvalue weighted by Gasteiger charge is -2.41. The van der Waals surface area contributed by atoms with Gasteiger partial charge in [0.1, 0.15) is 6.33 Å². The molecular formula is C13H17N7O2. The van der Waals surface area contributed by atoms with Gasteiger partial charge in [-0.25, -0.2) is 14.6 Å². The van der Waals surface area contributed by atoms with Crippen molar-refractivity contribution in [3.63, 3.8) is 0 Å². The Bertz CT molecular complexity index is 703. The van der Waals surface area contributed by atoms with Crippen molar-refractivity contribution in [1.82, 2.24) is 29.9 Å². The summed E-state index contributed by atoms with van der Waals surface area (Å²) in [6.45, 7) is 3.98. The number of carbonyl (C=O) groups is 1. The molecule has 0 spiro atoms. The van der Waals surface area contributed by atoms with Gasteiger partial charge in [-0.2, -0.15) is 0 Å². The number of aromatic nitrogens is 5. The zero-order chi connectivity index (χ0) is 15.1. The van der Waals surface area contributed by atoms with Crippen molar-refractivity contribution in [2.75, 3.05) is 44.3 Å². The second kappa shape index (κ2) is 5.16. The molecule has 2 aromatic rings. The van der Waals surface area contributed by atoms with Gasteiger partial charge in [-0.15, -0.1) is 5.10 Å². The van der Waals surface area contributed by atoms with Crippen LogP contribution in [0.1, 0.15) is 0 Å². The molecular weight excluding hydrogens is 286 g/mol. The predicted octanol–water partition coefficient (Wildman–Crippen LogP) is -0.947. The van der Waals surface area contributed by atoms with Crippen molar-refractivity contribution in [2.45, 2.75) is 0 Å². The van der Waals surface area contributed by atoms with Gasteiger partial charge in [-0.05, 0) is 0 Å². The molecule has 0 radical (unpaired) electrons. The number of rotatable bonds is 2. The molecule has 116 valence electrons. The van der Waals surface area contributed by atoms with Crippen LogP contribution >= 0.6 is 0 Å². The minimum Gasteiger partial charge on any atom is -0.378 e. The van der Waals surface area contributed by atoms with Gasteiger partial charge in [0.2, 0.25) is 5.91 Å². The molecule has 2 saturated heterocycles. The molecule has 0 aliphatic carbocycles. The summed E-state index contributed by atoms with van der Waals surface area (Å²) in [6.07, 6.45) is 1.51. The second-order valence-electron chi connectivity index (χ2n) is 5.62. The van der Waals surface area contributed by atoms with Crippen LogP contribution in [0.4, 0.5) is 5.82 Å². The van der Waals surface area contributed by atoms with Crippen LogP contribution in [0, 0.1) is 5.92 Å². The Hall–Kier alpha value is -2.29. The molecule has 0 bridgehead atoms. The number of aryl methyl sites for hydroxylation is 1. The Kier molecular flexibility index (Phi) is 3.14. The summed E-state index contributed by atoms with van der Waals surface area (Å²) in [5.74, 6) is 0.993. The van der Waals surface area contributed by atoms with Crippen molar-refractivity contribution in [2.24, 2.45) is 13.0 Å². The van der Waals surface area contributed by atoms with Gasteiger partial charge in [0.05, 0.1) is 19.1 Å². The van der Waals surface area contributed by atoms with Crippen LogP contribution in [0.2, 0.25) is 0 Å². The first kappa shape index (κ1) is 13.4. The van der Waals surface area contributed by atoms with Crippen LogP contribution in [0.15, 0.2) is 6.33 Å². The van der Waals surface area contributed by atoms with E-state index in [9.17, 15) is 4.79 Å². The third kappa shape index (κ3) is 2.08. The summed E-state index contributed by atoms with van der Waals surface area (Å²) >= 11 is 0. The number of ether oxygens (including phenoxy) is 1. The molecule has 2 aliphatic rings. The highest BCUT2D eigenvalue weighted by atomic mass is 16.5. The van der Waals surface area contributed by atoms with E-state index in [-0.39, 0.29) is 11.8 Å². The number of hydrogen-bond acceptors (Lipinski definition) is 7. The van der Waals surface area contributed by atoms with Crippen molar-refractivity contribution in [3.05, 3.63) is 6.33 Å². The molecule has 4 rings (SSSR count). The normalized spacial score (nSPS) is 19.5. The molecule has 0 atom stereocenters. The Labute approximate surface area is 126 Å². The molecule has 22 heavy (non-hydrogen) atoms. The maximum absolute atomic E-state index is 12.4. The topological polar surface area (TPSA) is 89.3 Å². The Morgan fingerprint density at radius 2 is 2.05 bits per heavy atom. The van der Waals surface area contributed by atoms with Crippen molar-refractivity contribution in [1.29, 1.82) is 0 Å². The first-order chi connectivity index (χ1) is 10.7. The first-order valence-electron chi connectivity index (χ1n) is 7.36. The SMILES string of the molecule is Cn1nnc2c(N3CC(C(=O)N4CCOCC4)C3)ncnc21. The molecule has 0 N–H and O–H groups in total. The third-order valence-electron chi connectivity index (χ3n) is 4.22. The molecule has 0 unspecified atom stereocenters. The van der Waals surface area contributed by atoms with Gasteiger partial charge in [-0.3, -0.25) is 4.79 Å². The summed E-state index contributed by atoms with van der Waals surface area (Å²) in [5.41, 5.74) is 1.38. The molecule has 0 saturated carbocycles. The Balaban J connectivity index is 1.47. The maximum atomic E-state index is 12.4. The fraction of sp³-hybridized carbons (Fsp3) is 0.615. The summed E-state index contributed by atoms with van der Waals surface area (Å²) in [7, 11) is 1.80. The third-order valence-corrected chi connectivity index (χ3v) is 4.22. The minimum atomic E-state index is 0.0276. The lowest BCUT2D eigenvalue weighted by atomic mass is 9.98. The average molecular weight is 303 g/mol. The van der Waals surface area contributed by atoms with Crippen LogP contribution in [0.25, 0.3) is 11.2 Å². The van der Waals surface area contributed by atoms with Crippen LogP contribution in [-0.4, -0.2) is 75.2 Å². The molecule has 9 heteroatoms. The largest absolute Gasteiger partial charge is 0.378 e. The van der Waals surface area contributed by atoms with E-state index in [2.05, 4.69) is 25.2 Å². The van der Waals surface area contributed by atoms with Gasteiger partial charge in [0.25, 0.3) is 0 Å². The maximum Gasteiger partial charge on any atom is 0.229 e. The van der Waals surface area contributed by atoms with Gasteiger partial charge in [0.15, 0.2) is 17.0 Å². The van der Waals surface area contributed by atoms with Crippen molar-refractivity contribution in [3.8, 4) is 0 Å². The zero-order valence-electron chi connectivity index (χ0n) is 12.3. The van der Waals surface area contributed by atoms with Crippen LogP contribution < -0.4 is 4.90 Å². The van der Waals surface area contributed by atoms with E-state index in [1.807, 2.05) is 4.90 Å². The highest BCUT2D eigenvalue weighted by Gasteiger charge is 2.37. The van der Waals surface area contributed by atoms with Gasteiger partial charge < -0.3 is 14.5 Å². The fourth-order valence-electron chi connectivity index (χ4n) is 2.92. The van der Waals surface area contributed by atoms with E-state index in [1.165, 1.54) is 6.33 Å². The molecule has 1 amide bonds. The summed E-state index contributed by atoms with van der Waals surface area (Å²) in [4.78, 5) is 24.8. The van der Waals surface area contributed by atoms with E-state index in [0.717, 1.165) is 5.82 Å². The van der Waals surface area contributed by atoms with Crippen molar-refractivity contribution < 1.29 is 9.53 Å². The number of amides is 1. The fourth-order valence-corrected chi connectivity index (χ4v) is 2.92. The number of fused-ring (bicyclic) bond motifs is 1. The number of nitrogens with zero attached hydrogens (tertiary/aromatic N) is 7. The predicted molar refractivity (Wildman–Crippen MR) is 77.2 cm³/mol. The molecule has 9 nitrogen and oxygen atoms in total.